The summed E-state index contributed by atoms with van der Waals surface area (Å²) in [5.74, 6) is 0.564. The van der Waals surface area contributed by atoms with E-state index < -0.39 is 26.6 Å². The third kappa shape index (κ3) is 5.71. The van der Waals surface area contributed by atoms with Gasteiger partial charge >= 0.3 is 224 Å². The van der Waals surface area contributed by atoms with Gasteiger partial charge in [0.05, 0.1) is 0 Å². The fourth-order valence-corrected chi connectivity index (χ4v) is 7.37. The van der Waals surface area contributed by atoms with Crippen LogP contribution in [0.25, 0.3) is 22.4 Å². The molecule has 197 valence electrons. The average molecular weight is 569 g/mol. The third-order valence-corrected chi connectivity index (χ3v) is 10.7. The molecule has 9 heteroatoms. The van der Waals surface area contributed by atoms with Gasteiger partial charge in [-0.1, -0.05) is 0 Å². The molecule has 3 heterocycles. The Balaban J connectivity index is 1.43. The standard InChI is InChI=1S/C28H35AsN3O5/c1-17-12-20(15-31(3)27(17)34)26-30-23-13-19(9-10-24(23)32(26)16-22-8-5-11-36-22)14-29-25(18(2)33)28(35)37-21-6-4-7-21/h9-10,12-13,15,18,21-22,25,33H,4-8,11,14,16H2,1-3H3/t18-,22?,25+/m1/s1. The number of nitrogens with zero attached hydrogens (tertiary/aromatic N) is 3. The molecule has 8 nitrogen and oxygen atoms in total. The molecule has 0 spiro atoms. The minimum atomic E-state index is -0.721. The van der Waals surface area contributed by atoms with Gasteiger partial charge in [-0.25, -0.2) is 0 Å². The van der Waals surface area contributed by atoms with Crippen molar-refractivity contribution in [3.05, 3.63) is 51.9 Å². The molecular formula is C28H35AsN3O5. The van der Waals surface area contributed by atoms with Crippen molar-refractivity contribution in [2.45, 2.75) is 80.7 Å². The number of carbonyl (C=O) groups excluding carboxylic acids is 1. The van der Waals surface area contributed by atoms with Crippen molar-refractivity contribution in [3.63, 3.8) is 0 Å². The van der Waals surface area contributed by atoms with Crippen molar-refractivity contribution in [2.24, 2.45) is 7.05 Å². The first-order valence-corrected chi connectivity index (χ1v) is 15.5. The molecule has 2 aliphatic rings. The van der Waals surface area contributed by atoms with Crippen molar-refractivity contribution >= 4 is 32.8 Å². The van der Waals surface area contributed by atoms with Gasteiger partial charge in [0.15, 0.2) is 0 Å². The normalized spacial score (nSPS) is 19.9. The molecule has 0 bridgehead atoms. The maximum absolute atomic E-state index is 12.7. The number of imidazole rings is 1. The van der Waals surface area contributed by atoms with E-state index in [4.69, 9.17) is 14.5 Å². The molecule has 1 saturated carbocycles. The fraction of sp³-hybridized carbons (Fsp3) is 0.536. The van der Waals surface area contributed by atoms with E-state index in [0.29, 0.717) is 12.1 Å². The van der Waals surface area contributed by atoms with E-state index in [1.807, 2.05) is 19.2 Å². The summed E-state index contributed by atoms with van der Waals surface area (Å²) in [4.78, 5) is 30.0. The predicted molar refractivity (Wildman–Crippen MR) is 143 cm³/mol. The zero-order valence-corrected chi connectivity index (χ0v) is 23.6. The Labute approximate surface area is 223 Å². The molecule has 5 rings (SSSR count). The zero-order chi connectivity index (χ0) is 26.1. The number of aryl methyl sites for hydroxylation is 2. The zero-order valence-electron chi connectivity index (χ0n) is 21.7. The Kier molecular flexibility index (Phi) is 7.89. The van der Waals surface area contributed by atoms with E-state index in [0.717, 1.165) is 71.9 Å². The third-order valence-electron chi connectivity index (χ3n) is 7.35. The van der Waals surface area contributed by atoms with E-state index in [-0.39, 0.29) is 23.7 Å². The number of rotatable bonds is 9. The Morgan fingerprint density at radius 3 is 2.73 bits per heavy atom. The van der Waals surface area contributed by atoms with Crippen LogP contribution in [0.15, 0.2) is 35.3 Å². The van der Waals surface area contributed by atoms with Crippen LogP contribution in [-0.2, 0) is 33.1 Å². The number of hydrogen-bond donors (Lipinski definition) is 1. The molecular weight excluding hydrogens is 533 g/mol. The minimum absolute atomic E-state index is 0.0142. The van der Waals surface area contributed by atoms with Gasteiger partial charge in [0.2, 0.25) is 0 Å². The topological polar surface area (TPSA) is 95.6 Å². The number of fused-ring (bicyclic) bond motifs is 1. The molecule has 1 aromatic carbocycles. The summed E-state index contributed by atoms with van der Waals surface area (Å²) in [5, 5.41) is 11.0. The second-order valence-corrected chi connectivity index (χ2v) is 12.9. The number of benzene rings is 1. The molecule has 1 radical (unpaired) electrons. The number of hydrogen-bond acceptors (Lipinski definition) is 6. The summed E-state index contributed by atoms with van der Waals surface area (Å²) >= 11 is -0.484. The number of aromatic nitrogens is 3. The number of ether oxygens (including phenoxy) is 2. The number of pyridine rings is 1. The van der Waals surface area contributed by atoms with Crippen LogP contribution in [0.5, 0.6) is 0 Å². The number of aliphatic hydroxyl groups excluding tert-OH is 1. The molecule has 2 aromatic heterocycles. The molecule has 37 heavy (non-hydrogen) atoms. The summed E-state index contributed by atoms with van der Waals surface area (Å²) in [6.45, 7) is 5.00. The monoisotopic (exact) mass is 568 g/mol. The SMILES string of the molecule is Cc1cc(-c2nc3cc(C[As][C@H](C(=O)OC4CCC4)[C@@H](C)O)ccc3n2CC2CCCO2)cn(C)c1=O. The van der Waals surface area contributed by atoms with E-state index in [1.54, 1.807) is 18.5 Å². The van der Waals surface area contributed by atoms with Crippen LogP contribution < -0.4 is 5.56 Å². The van der Waals surface area contributed by atoms with Gasteiger partial charge in [0, 0.05) is 0 Å². The second kappa shape index (κ2) is 11.1. The molecule has 3 aromatic rings. The molecule has 3 atom stereocenters. The molecule has 1 N–H and O–H groups in total. The van der Waals surface area contributed by atoms with E-state index in [1.165, 1.54) is 0 Å². The van der Waals surface area contributed by atoms with Crippen molar-refractivity contribution in [1.29, 1.82) is 0 Å². The number of esters is 1. The number of carbonyl (C=O) groups is 1. The second-order valence-electron chi connectivity index (χ2n) is 10.3. The van der Waals surface area contributed by atoms with Crippen LogP contribution in [0.1, 0.15) is 50.2 Å². The Morgan fingerprint density at radius 1 is 1.27 bits per heavy atom. The van der Waals surface area contributed by atoms with Gasteiger partial charge in [-0.05, 0) is 0 Å². The molecule has 1 saturated heterocycles. The Morgan fingerprint density at radius 2 is 2.08 bits per heavy atom. The summed E-state index contributed by atoms with van der Waals surface area (Å²) in [6, 6.07) is 8.18. The average Bonchev–Trinajstić information content (AvgIpc) is 3.47. The van der Waals surface area contributed by atoms with E-state index in [9.17, 15) is 14.7 Å². The first-order valence-electron chi connectivity index (χ1n) is 13.1. The maximum atomic E-state index is 12.7. The van der Waals surface area contributed by atoms with E-state index >= 15 is 0 Å². The van der Waals surface area contributed by atoms with Crippen molar-refractivity contribution < 1.29 is 19.4 Å². The fourth-order valence-electron chi connectivity index (χ4n) is 5.02. The molecule has 1 unspecified atom stereocenters. The Bertz CT molecular complexity index is 1310. The van der Waals surface area contributed by atoms with Crippen LogP contribution in [0.4, 0.5) is 0 Å². The molecule has 1 aliphatic heterocycles. The molecule has 0 amide bonds. The van der Waals surface area contributed by atoms with E-state index in [2.05, 4.69) is 22.8 Å². The Hall–Kier alpha value is -2.41. The summed E-state index contributed by atoms with van der Waals surface area (Å²) < 4.78 is 14.9. The summed E-state index contributed by atoms with van der Waals surface area (Å²) in [6.07, 6.45) is 6.33. The summed E-state index contributed by atoms with van der Waals surface area (Å²) in [7, 11) is 1.77. The van der Waals surface area contributed by atoms with Crippen molar-refractivity contribution in [3.8, 4) is 11.4 Å². The van der Waals surface area contributed by atoms with Gasteiger partial charge in [-0.15, -0.1) is 0 Å². The van der Waals surface area contributed by atoms with Crippen LogP contribution >= 0.6 is 0 Å². The first-order chi connectivity index (χ1) is 17.8. The van der Waals surface area contributed by atoms with Gasteiger partial charge in [-0.3, -0.25) is 0 Å². The van der Waals surface area contributed by atoms with Crippen LogP contribution in [0, 0.1) is 6.92 Å². The summed E-state index contributed by atoms with van der Waals surface area (Å²) in [5.41, 5.74) is 4.56. The van der Waals surface area contributed by atoms with Crippen LogP contribution in [-0.4, -0.2) is 65.9 Å². The predicted octanol–water partition coefficient (Wildman–Crippen LogP) is 3.36. The molecule has 1 aliphatic carbocycles. The van der Waals surface area contributed by atoms with Gasteiger partial charge in [0.25, 0.3) is 0 Å². The van der Waals surface area contributed by atoms with Crippen molar-refractivity contribution in [2.75, 3.05) is 6.61 Å². The van der Waals surface area contributed by atoms with Gasteiger partial charge in [0.1, 0.15) is 0 Å². The quantitative estimate of drug-likeness (QED) is 0.314. The van der Waals surface area contributed by atoms with Crippen LogP contribution in [0.2, 0.25) is 4.71 Å². The van der Waals surface area contributed by atoms with Crippen molar-refractivity contribution in [1.82, 2.24) is 14.1 Å². The number of aliphatic hydroxyl groups is 1. The van der Waals surface area contributed by atoms with Gasteiger partial charge in [-0.2, -0.15) is 0 Å². The molecule has 2 fully saturated rings. The van der Waals surface area contributed by atoms with Crippen LogP contribution in [0.3, 0.4) is 0 Å². The van der Waals surface area contributed by atoms with Gasteiger partial charge < -0.3 is 0 Å². The first kappa shape index (κ1) is 26.2.